The lowest BCUT2D eigenvalue weighted by atomic mass is 9.86. The van der Waals surface area contributed by atoms with Crippen LogP contribution in [-0.2, 0) is 0 Å². The van der Waals surface area contributed by atoms with Crippen molar-refractivity contribution in [1.29, 1.82) is 0 Å². The van der Waals surface area contributed by atoms with Crippen LogP contribution in [0.15, 0.2) is 30.3 Å². The van der Waals surface area contributed by atoms with Gasteiger partial charge in [0.25, 0.3) is 0 Å². The zero-order valence-corrected chi connectivity index (χ0v) is 10.7. The van der Waals surface area contributed by atoms with Crippen LogP contribution in [0.4, 0.5) is 0 Å². The number of benzene rings is 1. The maximum Gasteiger partial charge on any atom is 0.0456 e. The highest BCUT2D eigenvalue weighted by Crippen LogP contribution is 2.26. The molecule has 0 aliphatic heterocycles. The van der Waals surface area contributed by atoms with E-state index in [1.54, 1.807) is 0 Å². The number of aliphatic hydroxyl groups is 1. The van der Waals surface area contributed by atoms with Crippen LogP contribution in [0.5, 0.6) is 0 Å². The Hall–Kier alpha value is -0.820. The average molecular weight is 220 g/mol. The summed E-state index contributed by atoms with van der Waals surface area (Å²) < 4.78 is 0. The van der Waals surface area contributed by atoms with Crippen molar-refractivity contribution in [3.05, 3.63) is 35.9 Å². The van der Waals surface area contributed by atoms with Gasteiger partial charge in [0.1, 0.15) is 0 Å². The zero-order valence-electron chi connectivity index (χ0n) is 10.7. The van der Waals surface area contributed by atoms with Crippen LogP contribution < -0.4 is 0 Å². The fourth-order valence-corrected chi connectivity index (χ4v) is 2.38. The zero-order chi connectivity index (χ0) is 12.0. The number of aliphatic hydroxyl groups excluding tert-OH is 1. The van der Waals surface area contributed by atoms with E-state index in [0.717, 1.165) is 6.42 Å². The van der Waals surface area contributed by atoms with Crippen molar-refractivity contribution in [2.45, 2.75) is 39.5 Å². The van der Waals surface area contributed by atoms with E-state index in [2.05, 4.69) is 51.1 Å². The Kier molecular flexibility index (Phi) is 5.54. The Morgan fingerprint density at radius 1 is 0.938 bits per heavy atom. The lowest BCUT2D eigenvalue weighted by Gasteiger charge is -2.19. The summed E-state index contributed by atoms with van der Waals surface area (Å²) >= 11 is 0. The molecule has 1 nitrogen and oxygen atoms in total. The fourth-order valence-electron chi connectivity index (χ4n) is 2.38. The van der Waals surface area contributed by atoms with Gasteiger partial charge in [0.15, 0.2) is 0 Å². The Labute approximate surface area is 99.5 Å². The first-order chi connectivity index (χ1) is 7.63. The third-order valence-electron chi connectivity index (χ3n) is 3.24. The van der Waals surface area contributed by atoms with Crippen LogP contribution >= 0.6 is 0 Å². The van der Waals surface area contributed by atoms with Crippen molar-refractivity contribution in [3.8, 4) is 0 Å². The van der Waals surface area contributed by atoms with Gasteiger partial charge in [-0.15, -0.1) is 0 Å². The van der Waals surface area contributed by atoms with E-state index in [1.165, 1.54) is 12.0 Å². The smallest absolute Gasteiger partial charge is 0.0456 e. The van der Waals surface area contributed by atoms with Gasteiger partial charge < -0.3 is 5.11 Å². The molecule has 0 saturated carbocycles. The van der Waals surface area contributed by atoms with Gasteiger partial charge in [-0.25, -0.2) is 0 Å². The summed E-state index contributed by atoms with van der Waals surface area (Å²) in [5, 5.41) is 9.03. The first-order valence-corrected chi connectivity index (χ1v) is 6.29. The normalized spacial score (nSPS) is 16.8. The molecule has 1 N–H and O–H groups in total. The second-order valence-corrected chi connectivity index (χ2v) is 5.18. The maximum atomic E-state index is 9.03. The molecule has 0 amide bonds. The summed E-state index contributed by atoms with van der Waals surface area (Å²) in [7, 11) is 0. The fraction of sp³-hybridized carbons (Fsp3) is 0.600. The van der Waals surface area contributed by atoms with Gasteiger partial charge in [-0.2, -0.15) is 0 Å². The Bertz CT molecular complexity index is 281. The largest absolute Gasteiger partial charge is 0.396 e. The lowest BCUT2D eigenvalue weighted by molar-refractivity contribution is 0.211. The summed E-state index contributed by atoms with van der Waals surface area (Å²) in [4.78, 5) is 0. The lowest BCUT2D eigenvalue weighted by Crippen LogP contribution is -2.09. The highest BCUT2D eigenvalue weighted by atomic mass is 16.3. The molecular weight excluding hydrogens is 196 g/mol. The molecule has 0 heterocycles. The van der Waals surface area contributed by atoms with Crippen molar-refractivity contribution in [2.24, 2.45) is 11.8 Å². The molecule has 1 heteroatoms. The SMILES string of the molecule is C[C@H](CO)C[C@@H](C)C[C@H](C)c1ccccc1. The van der Waals surface area contributed by atoms with E-state index in [-0.39, 0.29) is 0 Å². The van der Waals surface area contributed by atoms with Crippen LogP contribution in [-0.4, -0.2) is 11.7 Å². The van der Waals surface area contributed by atoms with E-state index in [9.17, 15) is 0 Å². The standard InChI is InChI=1S/C15H24O/c1-12(9-13(2)11-16)10-14(3)15-7-5-4-6-8-15/h4-8,12-14,16H,9-11H2,1-3H3/t12-,13+,14+/m1/s1. The molecule has 0 spiro atoms. The number of rotatable bonds is 6. The van der Waals surface area contributed by atoms with Gasteiger partial charge >= 0.3 is 0 Å². The van der Waals surface area contributed by atoms with Gasteiger partial charge in [0.2, 0.25) is 0 Å². The molecule has 0 unspecified atom stereocenters. The molecule has 1 aromatic rings. The molecule has 0 bridgehead atoms. The highest BCUT2D eigenvalue weighted by Gasteiger charge is 2.13. The van der Waals surface area contributed by atoms with Crippen LogP contribution in [0.2, 0.25) is 0 Å². The number of hydrogen-bond donors (Lipinski definition) is 1. The van der Waals surface area contributed by atoms with Gasteiger partial charge in [-0.1, -0.05) is 51.1 Å². The molecular formula is C15H24O. The Morgan fingerprint density at radius 3 is 2.12 bits per heavy atom. The van der Waals surface area contributed by atoms with Crippen LogP contribution in [0.1, 0.15) is 45.1 Å². The van der Waals surface area contributed by atoms with Gasteiger partial charge in [-0.3, -0.25) is 0 Å². The van der Waals surface area contributed by atoms with Crippen molar-refractivity contribution < 1.29 is 5.11 Å². The van der Waals surface area contributed by atoms with Crippen molar-refractivity contribution in [2.75, 3.05) is 6.61 Å². The summed E-state index contributed by atoms with van der Waals surface area (Å²) in [6, 6.07) is 10.7. The molecule has 0 saturated heterocycles. The molecule has 1 aromatic carbocycles. The molecule has 1 rings (SSSR count). The van der Waals surface area contributed by atoms with E-state index in [1.807, 2.05) is 0 Å². The summed E-state index contributed by atoms with van der Waals surface area (Å²) in [6.45, 7) is 6.99. The quantitative estimate of drug-likeness (QED) is 0.772. The second kappa shape index (κ2) is 6.70. The molecule has 3 atom stereocenters. The van der Waals surface area contributed by atoms with E-state index < -0.39 is 0 Å². The predicted molar refractivity (Wildman–Crippen MR) is 69.5 cm³/mol. The molecule has 16 heavy (non-hydrogen) atoms. The molecule has 0 aliphatic rings. The van der Waals surface area contributed by atoms with E-state index in [4.69, 9.17) is 5.11 Å². The van der Waals surface area contributed by atoms with Crippen molar-refractivity contribution in [1.82, 2.24) is 0 Å². The first-order valence-electron chi connectivity index (χ1n) is 6.29. The topological polar surface area (TPSA) is 20.2 Å². The van der Waals surface area contributed by atoms with E-state index in [0.29, 0.717) is 24.4 Å². The first kappa shape index (κ1) is 13.2. The number of hydrogen-bond acceptors (Lipinski definition) is 1. The summed E-state index contributed by atoms with van der Waals surface area (Å²) in [5.74, 6) is 1.72. The third kappa shape index (κ3) is 4.36. The van der Waals surface area contributed by atoms with Crippen molar-refractivity contribution in [3.63, 3.8) is 0 Å². The minimum absolute atomic E-state index is 0.310. The molecule has 0 fully saturated rings. The van der Waals surface area contributed by atoms with Crippen LogP contribution in [0, 0.1) is 11.8 Å². The monoisotopic (exact) mass is 220 g/mol. The molecule has 0 aromatic heterocycles. The van der Waals surface area contributed by atoms with Gasteiger partial charge in [-0.05, 0) is 36.2 Å². The minimum Gasteiger partial charge on any atom is -0.396 e. The summed E-state index contributed by atoms with van der Waals surface area (Å²) in [5.41, 5.74) is 1.42. The molecule has 0 aliphatic carbocycles. The predicted octanol–water partition coefficient (Wildman–Crippen LogP) is 3.83. The second-order valence-electron chi connectivity index (χ2n) is 5.18. The Balaban J connectivity index is 2.42. The third-order valence-corrected chi connectivity index (χ3v) is 3.24. The molecule has 90 valence electrons. The molecule has 0 radical (unpaired) electrons. The van der Waals surface area contributed by atoms with Crippen LogP contribution in [0.25, 0.3) is 0 Å². The highest BCUT2D eigenvalue weighted by molar-refractivity contribution is 5.18. The van der Waals surface area contributed by atoms with Crippen molar-refractivity contribution >= 4 is 0 Å². The van der Waals surface area contributed by atoms with Gasteiger partial charge in [0.05, 0.1) is 0 Å². The maximum absolute atomic E-state index is 9.03. The minimum atomic E-state index is 0.310. The van der Waals surface area contributed by atoms with Crippen LogP contribution in [0.3, 0.4) is 0 Å². The van der Waals surface area contributed by atoms with E-state index >= 15 is 0 Å². The average Bonchev–Trinajstić information content (AvgIpc) is 2.29. The Morgan fingerprint density at radius 2 is 1.56 bits per heavy atom. The summed E-state index contributed by atoms with van der Waals surface area (Å²) in [6.07, 6.45) is 2.32. The van der Waals surface area contributed by atoms with Gasteiger partial charge in [0, 0.05) is 6.61 Å².